The fourth-order valence-electron chi connectivity index (χ4n) is 3.14. The molecule has 4 nitrogen and oxygen atoms in total. The molecular weight excluding hydrogens is 242 g/mol. The first-order valence-corrected chi connectivity index (χ1v) is 6.60. The molecule has 19 heavy (non-hydrogen) atoms. The number of ketones is 2. The SMILES string of the molecule is COc1ccc(CN2CC3CC(=O)C2C(=O)C3)cc1. The van der Waals surface area contributed by atoms with E-state index >= 15 is 0 Å². The van der Waals surface area contributed by atoms with Gasteiger partial charge in [-0.1, -0.05) is 12.1 Å². The molecule has 1 aliphatic carbocycles. The Bertz CT molecular complexity index is 491. The number of carbonyl (C=O) groups is 2. The van der Waals surface area contributed by atoms with Crippen molar-refractivity contribution in [3.05, 3.63) is 29.8 Å². The number of nitrogens with zero attached hydrogens (tertiary/aromatic N) is 1. The summed E-state index contributed by atoms with van der Waals surface area (Å²) in [5.41, 5.74) is 1.11. The first-order valence-electron chi connectivity index (χ1n) is 6.60. The Morgan fingerprint density at radius 3 is 2.32 bits per heavy atom. The van der Waals surface area contributed by atoms with Gasteiger partial charge in [-0.3, -0.25) is 14.5 Å². The lowest BCUT2D eigenvalue weighted by atomic mass is 9.78. The summed E-state index contributed by atoms with van der Waals surface area (Å²) in [4.78, 5) is 25.8. The van der Waals surface area contributed by atoms with Gasteiger partial charge in [0.05, 0.1) is 7.11 Å². The number of carbonyl (C=O) groups excluding carboxylic acids is 2. The van der Waals surface area contributed by atoms with Gasteiger partial charge in [0.1, 0.15) is 11.8 Å². The number of fused-ring (bicyclic) bond motifs is 3. The van der Waals surface area contributed by atoms with Crippen molar-refractivity contribution in [2.75, 3.05) is 13.7 Å². The normalized spacial score (nSPS) is 26.8. The van der Waals surface area contributed by atoms with Crippen LogP contribution in [-0.2, 0) is 16.1 Å². The van der Waals surface area contributed by atoms with Gasteiger partial charge >= 0.3 is 0 Å². The number of hydrogen-bond donors (Lipinski definition) is 0. The summed E-state index contributed by atoms with van der Waals surface area (Å²) in [6.45, 7) is 1.51. The molecule has 3 fully saturated rings. The predicted molar refractivity (Wildman–Crippen MR) is 69.9 cm³/mol. The van der Waals surface area contributed by atoms with Crippen LogP contribution in [0.15, 0.2) is 24.3 Å². The van der Waals surface area contributed by atoms with Crippen LogP contribution in [0.2, 0.25) is 0 Å². The zero-order valence-corrected chi connectivity index (χ0v) is 11.0. The van der Waals surface area contributed by atoms with Crippen molar-refractivity contribution in [2.24, 2.45) is 5.92 Å². The first kappa shape index (κ1) is 12.4. The lowest BCUT2D eigenvalue weighted by Gasteiger charge is -2.42. The third kappa shape index (κ3) is 2.28. The molecule has 2 bridgehead atoms. The summed E-state index contributed by atoms with van der Waals surface area (Å²) in [5, 5.41) is 0. The van der Waals surface area contributed by atoms with Gasteiger partial charge in [-0.25, -0.2) is 0 Å². The monoisotopic (exact) mass is 259 g/mol. The molecule has 1 aromatic rings. The summed E-state index contributed by atoms with van der Waals surface area (Å²) in [5.74, 6) is 1.24. The standard InChI is InChI=1S/C15H17NO3/c1-19-12-4-2-10(3-5-12)8-16-9-11-6-13(17)15(16)14(18)7-11/h2-5,11,15H,6-9H2,1H3. The van der Waals surface area contributed by atoms with Gasteiger partial charge in [0.15, 0.2) is 11.6 Å². The van der Waals surface area contributed by atoms with Crippen LogP contribution in [0, 0.1) is 5.92 Å². The minimum atomic E-state index is -0.493. The Labute approximate surface area is 112 Å². The van der Waals surface area contributed by atoms with Gasteiger partial charge in [0, 0.05) is 25.9 Å². The highest BCUT2D eigenvalue weighted by Gasteiger charge is 2.45. The zero-order valence-electron chi connectivity index (χ0n) is 11.0. The van der Waals surface area contributed by atoms with E-state index in [1.54, 1.807) is 7.11 Å². The van der Waals surface area contributed by atoms with E-state index in [4.69, 9.17) is 4.74 Å². The molecular formula is C15H17NO3. The van der Waals surface area contributed by atoms with Crippen LogP contribution in [0.5, 0.6) is 5.75 Å². The number of Topliss-reactive ketones (excluding diaryl/α,β-unsaturated/α-hetero) is 2. The Morgan fingerprint density at radius 2 is 1.79 bits per heavy atom. The van der Waals surface area contributed by atoms with Gasteiger partial charge in [0.25, 0.3) is 0 Å². The molecule has 0 amide bonds. The van der Waals surface area contributed by atoms with E-state index in [-0.39, 0.29) is 17.5 Å². The molecule has 0 aromatic heterocycles. The van der Waals surface area contributed by atoms with Crippen molar-refractivity contribution in [2.45, 2.75) is 25.4 Å². The molecule has 4 rings (SSSR count). The molecule has 2 aliphatic heterocycles. The number of methoxy groups -OCH3 is 1. The van der Waals surface area contributed by atoms with E-state index in [9.17, 15) is 9.59 Å². The van der Waals surface area contributed by atoms with Gasteiger partial charge < -0.3 is 4.74 Å². The molecule has 1 aromatic carbocycles. The van der Waals surface area contributed by atoms with Crippen molar-refractivity contribution >= 4 is 11.6 Å². The summed E-state index contributed by atoms with van der Waals surface area (Å²) < 4.78 is 5.12. The molecule has 3 aliphatic rings. The topological polar surface area (TPSA) is 46.6 Å². The van der Waals surface area contributed by atoms with Crippen molar-refractivity contribution in [3.8, 4) is 5.75 Å². The summed E-state index contributed by atoms with van der Waals surface area (Å²) in [6, 6.07) is 7.28. The lowest BCUT2D eigenvalue weighted by molar-refractivity contribution is -0.146. The fourth-order valence-corrected chi connectivity index (χ4v) is 3.14. The van der Waals surface area contributed by atoms with Crippen LogP contribution in [0.3, 0.4) is 0 Å². The van der Waals surface area contributed by atoms with E-state index in [2.05, 4.69) is 0 Å². The highest BCUT2D eigenvalue weighted by Crippen LogP contribution is 2.31. The Balaban J connectivity index is 1.75. The van der Waals surface area contributed by atoms with Gasteiger partial charge in [0.2, 0.25) is 0 Å². The van der Waals surface area contributed by atoms with E-state index < -0.39 is 6.04 Å². The molecule has 100 valence electrons. The van der Waals surface area contributed by atoms with Crippen LogP contribution in [-0.4, -0.2) is 36.2 Å². The zero-order chi connectivity index (χ0) is 13.4. The highest BCUT2D eigenvalue weighted by molar-refractivity contribution is 6.09. The van der Waals surface area contributed by atoms with Crippen molar-refractivity contribution in [1.82, 2.24) is 4.90 Å². The highest BCUT2D eigenvalue weighted by atomic mass is 16.5. The second-order valence-electron chi connectivity index (χ2n) is 5.39. The van der Waals surface area contributed by atoms with Crippen molar-refractivity contribution in [1.29, 1.82) is 0 Å². The molecule has 0 spiro atoms. The van der Waals surface area contributed by atoms with Gasteiger partial charge in [-0.15, -0.1) is 0 Å². The lowest BCUT2D eigenvalue weighted by Crippen LogP contribution is -2.58. The number of benzene rings is 1. The molecule has 4 heteroatoms. The average molecular weight is 259 g/mol. The summed E-state index contributed by atoms with van der Waals surface area (Å²) in [7, 11) is 1.63. The maximum absolute atomic E-state index is 11.9. The molecule has 2 heterocycles. The number of piperidine rings is 2. The maximum Gasteiger partial charge on any atom is 0.157 e. The van der Waals surface area contributed by atoms with E-state index in [0.29, 0.717) is 19.4 Å². The van der Waals surface area contributed by atoms with E-state index in [1.807, 2.05) is 29.2 Å². The summed E-state index contributed by atoms with van der Waals surface area (Å²) >= 11 is 0. The van der Waals surface area contributed by atoms with Crippen LogP contribution in [0.4, 0.5) is 0 Å². The molecule has 1 saturated carbocycles. The minimum absolute atomic E-state index is 0.0982. The quantitative estimate of drug-likeness (QED) is 0.770. The minimum Gasteiger partial charge on any atom is -0.497 e. The second-order valence-corrected chi connectivity index (χ2v) is 5.39. The van der Waals surface area contributed by atoms with Crippen LogP contribution in [0.1, 0.15) is 18.4 Å². The van der Waals surface area contributed by atoms with Crippen LogP contribution < -0.4 is 4.74 Å². The smallest absolute Gasteiger partial charge is 0.157 e. The molecule has 0 atom stereocenters. The Morgan fingerprint density at radius 1 is 1.16 bits per heavy atom. The predicted octanol–water partition coefficient (Wildman–Crippen LogP) is 1.43. The molecule has 0 radical (unpaired) electrons. The second kappa shape index (κ2) is 4.78. The van der Waals surface area contributed by atoms with E-state index in [1.165, 1.54) is 0 Å². The van der Waals surface area contributed by atoms with Crippen molar-refractivity contribution in [3.63, 3.8) is 0 Å². The van der Waals surface area contributed by atoms with Crippen LogP contribution >= 0.6 is 0 Å². The number of hydrogen-bond acceptors (Lipinski definition) is 4. The average Bonchev–Trinajstić information content (AvgIpc) is 2.38. The van der Waals surface area contributed by atoms with Crippen molar-refractivity contribution < 1.29 is 14.3 Å². The molecule has 0 N–H and O–H groups in total. The van der Waals surface area contributed by atoms with Gasteiger partial charge in [-0.05, 0) is 23.6 Å². The largest absolute Gasteiger partial charge is 0.497 e. The molecule has 2 saturated heterocycles. The number of ether oxygens (including phenoxy) is 1. The molecule has 0 unspecified atom stereocenters. The third-order valence-electron chi connectivity index (χ3n) is 3.99. The first-order chi connectivity index (χ1) is 9.17. The Hall–Kier alpha value is -1.68. The Kier molecular flexibility index (Phi) is 3.11. The van der Waals surface area contributed by atoms with Gasteiger partial charge in [-0.2, -0.15) is 0 Å². The third-order valence-corrected chi connectivity index (χ3v) is 3.99. The fraction of sp³-hybridized carbons (Fsp3) is 0.467. The van der Waals surface area contributed by atoms with E-state index in [0.717, 1.165) is 17.9 Å². The number of rotatable bonds is 3. The van der Waals surface area contributed by atoms with Crippen LogP contribution in [0.25, 0.3) is 0 Å². The summed E-state index contributed by atoms with van der Waals surface area (Å²) in [6.07, 6.45) is 1.16. The maximum atomic E-state index is 11.9.